The monoisotopic (exact) mass is 336 g/mol. The zero-order valence-electron chi connectivity index (χ0n) is 12.6. The molecule has 1 aliphatic heterocycles. The van der Waals surface area contributed by atoms with Crippen LogP contribution in [0, 0.1) is 6.92 Å². The summed E-state index contributed by atoms with van der Waals surface area (Å²) in [6, 6.07) is 2.05. The highest BCUT2D eigenvalue weighted by Gasteiger charge is 2.23. The number of aromatic nitrogens is 1. The summed E-state index contributed by atoms with van der Waals surface area (Å²) < 4.78 is 5.55. The van der Waals surface area contributed by atoms with Gasteiger partial charge in [-0.25, -0.2) is 4.98 Å². The fraction of sp³-hybridized carbons (Fsp3) is 0.500. The average molecular weight is 336 g/mol. The van der Waals surface area contributed by atoms with Crippen LogP contribution in [0.25, 0.3) is 0 Å². The molecule has 0 unspecified atom stereocenters. The molecule has 3 rings (SSSR count). The van der Waals surface area contributed by atoms with Crippen molar-refractivity contribution in [1.29, 1.82) is 0 Å². The van der Waals surface area contributed by atoms with Crippen LogP contribution < -0.4 is 5.32 Å². The predicted molar refractivity (Wildman–Crippen MR) is 89.3 cm³/mol. The van der Waals surface area contributed by atoms with E-state index in [9.17, 15) is 4.79 Å². The Balaban J connectivity index is 1.66. The van der Waals surface area contributed by atoms with Crippen molar-refractivity contribution >= 4 is 28.6 Å². The SMILES string of the molecule is Cc1csc([C@@H](Cc2ccsc2)NC(=O)C[C@H]2CCCO2)n1. The largest absolute Gasteiger partial charge is 0.378 e. The molecule has 1 aliphatic rings. The van der Waals surface area contributed by atoms with Crippen molar-refractivity contribution in [2.24, 2.45) is 0 Å². The maximum Gasteiger partial charge on any atom is 0.223 e. The molecule has 0 aliphatic carbocycles. The number of hydrogen-bond acceptors (Lipinski definition) is 5. The highest BCUT2D eigenvalue weighted by molar-refractivity contribution is 7.09. The molecule has 0 bridgehead atoms. The fourth-order valence-electron chi connectivity index (χ4n) is 2.64. The van der Waals surface area contributed by atoms with Crippen molar-refractivity contribution in [1.82, 2.24) is 10.3 Å². The fourth-order valence-corrected chi connectivity index (χ4v) is 4.17. The maximum atomic E-state index is 12.3. The molecule has 0 radical (unpaired) electrons. The van der Waals surface area contributed by atoms with Crippen molar-refractivity contribution in [3.63, 3.8) is 0 Å². The second-order valence-corrected chi connectivity index (χ2v) is 7.29. The number of amides is 1. The standard InChI is InChI=1S/C16H20N2O2S2/c1-11-9-22-16(17-11)14(7-12-4-6-21-10-12)18-15(19)8-13-3-2-5-20-13/h4,6,9-10,13-14H,2-3,5,7-8H2,1H3,(H,18,19)/t13-,14-/m1/s1. The van der Waals surface area contributed by atoms with Crippen molar-refractivity contribution in [2.45, 2.75) is 44.8 Å². The molecule has 4 nitrogen and oxygen atoms in total. The Morgan fingerprint density at radius 1 is 1.55 bits per heavy atom. The molecule has 3 heterocycles. The van der Waals surface area contributed by atoms with Gasteiger partial charge in [0.2, 0.25) is 5.91 Å². The quantitative estimate of drug-likeness (QED) is 0.878. The predicted octanol–water partition coefficient (Wildman–Crippen LogP) is 3.48. The molecule has 118 valence electrons. The van der Waals surface area contributed by atoms with Crippen LogP contribution in [0.4, 0.5) is 0 Å². The Hall–Kier alpha value is -1.24. The van der Waals surface area contributed by atoms with Gasteiger partial charge in [-0.15, -0.1) is 11.3 Å². The number of carbonyl (C=O) groups excluding carboxylic acids is 1. The third-order valence-electron chi connectivity index (χ3n) is 3.73. The van der Waals surface area contributed by atoms with E-state index < -0.39 is 0 Å². The number of aryl methyl sites for hydroxylation is 1. The van der Waals surface area contributed by atoms with Gasteiger partial charge in [0, 0.05) is 24.1 Å². The van der Waals surface area contributed by atoms with Crippen LogP contribution in [0.2, 0.25) is 0 Å². The van der Waals surface area contributed by atoms with Crippen LogP contribution >= 0.6 is 22.7 Å². The second kappa shape index (κ2) is 7.35. The Morgan fingerprint density at radius 3 is 3.09 bits per heavy atom. The number of nitrogens with one attached hydrogen (secondary N) is 1. The minimum atomic E-state index is -0.0535. The van der Waals surface area contributed by atoms with Crippen LogP contribution in [0.1, 0.15) is 41.6 Å². The normalized spacial score (nSPS) is 19.2. The first kappa shape index (κ1) is 15.6. The van der Waals surface area contributed by atoms with Gasteiger partial charge in [-0.1, -0.05) is 0 Å². The Bertz CT molecular complexity index is 603. The maximum absolute atomic E-state index is 12.3. The molecule has 2 atom stereocenters. The van der Waals surface area contributed by atoms with Gasteiger partial charge in [0.25, 0.3) is 0 Å². The molecular formula is C16H20N2O2S2. The van der Waals surface area contributed by atoms with Gasteiger partial charge in [0.05, 0.1) is 18.6 Å². The summed E-state index contributed by atoms with van der Waals surface area (Å²) in [6.45, 7) is 2.76. The molecule has 1 amide bonds. The number of ether oxygens (including phenoxy) is 1. The minimum Gasteiger partial charge on any atom is -0.378 e. The Kier molecular flexibility index (Phi) is 5.23. The first-order valence-electron chi connectivity index (χ1n) is 7.55. The molecule has 1 N–H and O–H groups in total. The number of rotatable bonds is 6. The first-order valence-corrected chi connectivity index (χ1v) is 9.37. The van der Waals surface area contributed by atoms with Gasteiger partial charge in [-0.3, -0.25) is 4.79 Å². The number of carbonyl (C=O) groups is 1. The summed E-state index contributed by atoms with van der Waals surface area (Å²) in [7, 11) is 0. The average Bonchev–Trinajstić information content (AvgIpc) is 3.20. The minimum absolute atomic E-state index is 0.0535. The van der Waals surface area contributed by atoms with Crippen molar-refractivity contribution in [3.05, 3.63) is 38.5 Å². The van der Waals surface area contributed by atoms with E-state index in [4.69, 9.17) is 4.74 Å². The van der Waals surface area contributed by atoms with E-state index in [-0.39, 0.29) is 18.1 Å². The van der Waals surface area contributed by atoms with E-state index in [1.165, 1.54) is 5.56 Å². The molecule has 0 spiro atoms. The molecular weight excluding hydrogens is 316 g/mol. The van der Waals surface area contributed by atoms with E-state index in [2.05, 4.69) is 27.1 Å². The summed E-state index contributed by atoms with van der Waals surface area (Å²) in [5.41, 5.74) is 2.24. The summed E-state index contributed by atoms with van der Waals surface area (Å²) in [5, 5.41) is 10.3. The molecule has 0 aromatic carbocycles. The van der Waals surface area contributed by atoms with Crippen molar-refractivity contribution in [3.8, 4) is 0 Å². The zero-order chi connectivity index (χ0) is 15.4. The second-order valence-electron chi connectivity index (χ2n) is 5.62. The first-order chi connectivity index (χ1) is 10.7. The number of thiophene rings is 1. The molecule has 22 heavy (non-hydrogen) atoms. The van der Waals surface area contributed by atoms with Gasteiger partial charge >= 0.3 is 0 Å². The van der Waals surface area contributed by atoms with E-state index >= 15 is 0 Å². The van der Waals surface area contributed by atoms with E-state index in [1.807, 2.05) is 12.3 Å². The third kappa shape index (κ3) is 4.15. The van der Waals surface area contributed by atoms with Crippen molar-refractivity contribution in [2.75, 3.05) is 6.61 Å². The topological polar surface area (TPSA) is 51.2 Å². The highest BCUT2D eigenvalue weighted by Crippen LogP contribution is 2.24. The Labute approximate surface area is 138 Å². The van der Waals surface area contributed by atoms with Gasteiger partial charge in [0.15, 0.2) is 0 Å². The lowest BCUT2D eigenvalue weighted by Crippen LogP contribution is -2.32. The molecule has 0 saturated carbocycles. The third-order valence-corrected chi connectivity index (χ3v) is 5.54. The van der Waals surface area contributed by atoms with Gasteiger partial charge in [0.1, 0.15) is 5.01 Å². The summed E-state index contributed by atoms with van der Waals surface area (Å²) >= 11 is 3.29. The summed E-state index contributed by atoms with van der Waals surface area (Å²) in [4.78, 5) is 16.9. The lowest BCUT2D eigenvalue weighted by atomic mass is 10.1. The van der Waals surface area contributed by atoms with Gasteiger partial charge in [-0.2, -0.15) is 11.3 Å². The lowest BCUT2D eigenvalue weighted by molar-refractivity contribution is -0.124. The van der Waals surface area contributed by atoms with Gasteiger partial charge in [-0.05, 0) is 42.2 Å². The zero-order valence-corrected chi connectivity index (χ0v) is 14.2. The van der Waals surface area contributed by atoms with Crippen LogP contribution in [-0.2, 0) is 16.0 Å². The van der Waals surface area contributed by atoms with Crippen LogP contribution in [0.15, 0.2) is 22.2 Å². The van der Waals surface area contributed by atoms with E-state index in [0.717, 1.165) is 36.6 Å². The lowest BCUT2D eigenvalue weighted by Gasteiger charge is -2.17. The highest BCUT2D eigenvalue weighted by atomic mass is 32.1. The van der Waals surface area contributed by atoms with E-state index in [0.29, 0.717) is 6.42 Å². The number of thiazole rings is 1. The molecule has 2 aromatic heterocycles. The summed E-state index contributed by atoms with van der Waals surface area (Å²) in [5.74, 6) is 0.0555. The summed E-state index contributed by atoms with van der Waals surface area (Å²) in [6.07, 6.45) is 3.36. The molecule has 6 heteroatoms. The van der Waals surface area contributed by atoms with Crippen molar-refractivity contribution < 1.29 is 9.53 Å². The number of nitrogens with zero attached hydrogens (tertiary/aromatic N) is 1. The smallest absolute Gasteiger partial charge is 0.223 e. The Morgan fingerprint density at radius 2 is 2.45 bits per heavy atom. The van der Waals surface area contributed by atoms with Crippen LogP contribution in [0.3, 0.4) is 0 Å². The molecule has 2 aromatic rings. The van der Waals surface area contributed by atoms with Crippen LogP contribution in [0.5, 0.6) is 0 Å². The molecule has 1 fully saturated rings. The van der Waals surface area contributed by atoms with E-state index in [1.54, 1.807) is 22.7 Å². The van der Waals surface area contributed by atoms with Crippen LogP contribution in [-0.4, -0.2) is 23.6 Å². The van der Waals surface area contributed by atoms with Gasteiger partial charge < -0.3 is 10.1 Å². The molecule has 1 saturated heterocycles. The number of hydrogen-bond donors (Lipinski definition) is 1.